The van der Waals surface area contributed by atoms with Crippen LogP contribution < -0.4 is 4.90 Å². The molecule has 0 radical (unpaired) electrons. The van der Waals surface area contributed by atoms with Crippen LogP contribution in [-0.4, -0.2) is 41.1 Å². The Kier molecular flexibility index (Phi) is 5.85. The number of hydrogen-bond donors (Lipinski definition) is 1. The molecule has 2 aliphatic heterocycles. The van der Waals surface area contributed by atoms with Gasteiger partial charge in [-0.15, -0.1) is 0 Å². The fourth-order valence-electron chi connectivity index (χ4n) is 3.97. The topological polar surface area (TPSA) is 72.1 Å². The first kappa shape index (κ1) is 19.9. The summed E-state index contributed by atoms with van der Waals surface area (Å²) in [5.41, 5.74) is 2.24. The van der Waals surface area contributed by atoms with Crippen LogP contribution in [0.15, 0.2) is 39.9 Å². The van der Waals surface area contributed by atoms with Crippen molar-refractivity contribution in [2.45, 2.75) is 44.9 Å². The highest BCUT2D eigenvalue weighted by molar-refractivity contribution is 8.26. The van der Waals surface area contributed by atoms with Crippen molar-refractivity contribution < 1.29 is 4.79 Å². The third-order valence-corrected chi connectivity index (χ3v) is 6.68. The summed E-state index contributed by atoms with van der Waals surface area (Å²) in [5, 5.41) is 16.1. The van der Waals surface area contributed by atoms with Gasteiger partial charge in [-0.05, 0) is 54.3 Å². The van der Waals surface area contributed by atoms with E-state index in [1.54, 1.807) is 6.08 Å². The Morgan fingerprint density at radius 1 is 1.21 bits per heavy atom. The number of carbonyl (C=O) groups excluding carboxylic acids is 1. The van der Waals surface area contributed by atoms with Gasteiger partial charge in [-0.2, -0.15) is 15.1 Å². The minimum Gasteiger partial charge on any atom is -0.378 e. The minimum absolute atomic E-state index is 0.108. The van der Waals surface area contributed by atoms with Crippen LogP contribution in [0, 0.1) is 11.3 Å². The van der Waals surface area contributed by atoms with E-state index in [4.69, 9.17) is 5.41 Å². The first-order valence-electron chi connectivity index (χ1n) is 10.3. The highest BCUT2D eigenvalue weighted by atomic mass is 32.2. The second-order valence-electron chi connectivity index (χ2n) is 8.04. The predicted octanol–water partition coefficient (Wildman–Crippen LogP) is 4.73. The molecule has 0 aromatic heterocycles. The zero-order chi connectivity index (χ0) is 20.4. The Bertz CT molecular complexity index is 894. The average Bonchev–Trinajstić information content (AvgIpc) is 3.14. The minimum atomic E-state index is -0.367. The standard InChI is InChI=1S/C22H27N5OS/c1-26(2)17-11-8-16(9-12-17)14-18-20(23)27-22(24-21(18)28)29-19(25-27)13-10-15-6-4-3-5-7-15/h8-9,11-12,14-15,23H,3-7,10,13H2,1-2H3. The molecule has 29 heavy (non-hydrogen) atoms. The van der Waals surface area contributed by atoms with Crippen LogP contribution in [0.3, 0.4) is 0 Å². The van der Waals surface area contributed by atoms with Gasteiger partial charge in [0.15, 0.2) is 5.84 Å². The third-order valence-electron chi connectivity index (χ3n) is 5.71. The number of nitrogens with zero attached hydrogens (tertiary/aromatic N) is 4. The second kappa shape index (κ2) is 8.53. The van der Waals surface area contributed by atoms with Gasteiger partial charge in [-0.3, -0.25) is 10.2 Å². The van der Waals surface area contributed by atoms with E-state index >= 15 is 0 Å². The van der Waals surface area contributed by atoms with Crippen molar-refractivity contribution in [1.29, 1.82) is 5.41 Å². The molecule has 1 saturated carbocycles. The van der Waals surface area contributed by atoms with Gasteiger partial charge in [0.25, 0.3) is 5.91 Å². The summed E-state index contributed by atoms with van der Waals surface area (Å²) >= 11 is 1.44. The van der Waals surface area contributed by atoms with E-state index in [1.165, 1.54) is 48.9 Å². The van der Waals surface area contributed by atoms with Gasteiger partial charge in [-0.25, -0.2) is 0 Å². The van der Waals surface area contributed by atoms with Crippen LogP contribution in [0.2, 0.25) is 0 Å². The Labute approximate surface area is 176 Å². The molecule has 0 unspecified atom stereocenters. The maximum absolute atomic E-state index is 12.5. The quantitative estimate of drug-likeness (QED) is 0.714. The van der Waals surface area contributed by atoms with Gasteiger partial charge < -0.3 is 4.90 Å². The third kappa shape index (κ3) is 4.45. The summed E-state index contributed by atoms with van der Waals surface area (Å²) in [6.07, 6.45) is 10.4. The van der Waals surface area contributed by atoms with E-state index in [-0.39, 0.29) is 17.3 Å². The van der Waals surface area contributed by atoms with Crippen LogP contribution in [-0.2, 0) is 4.79 Å². The molecular formula is C22H27N5OS. The summed E-state index contributed by atoms with van der Waals surface area (Å²) in [6, 6.07) is 7.87. The maximum Gasteiger partial charge on any atom is 0.283 e. The lowest BCUT2D eigenvalue weighted by molar-refractivity contribution is -0.114. The summed E-state index contributed by atoms with van der Waals surface area (Å²) in [6.45, 7) is 0. The van der Waals surface area contributed by atoms with E-state index in [9.17, 15) is 4.79 Å². The highest BCUT2D eigenvalue weighted by Crippen LogP contribution is 2.33. The van der Waals surface area contributed by atoms with Crippen molar-refractivity contribution in [2.24, 2.45) is 16.0 Å². The number of amides is 1. The first-order valence-corrected chi connectivity index (χ1v) is 11.1. The Morgan fingerprint density at radius 3 is 2.62 bits per heavy atom. The van der Waals surface area contributed by atoms with Crippen molar-refractivity contribution >= 4 is 45.5 Å². The molecule has 1 fully saturated rings. The lowest BCUT2D eigenvalue weighted by Gasteiger charge is -2.20. The van der Waals surface area contributed by atoms with Gasteiger partial charge in [0.2, 0.25) is 5.17 Å². The van der Waals surface area contributed by atoms with Crippen molar-refractivity contribution in [2.75, 3.05) is 19.0 Å². The molecule has 6 nitrogen and oxygen atoms in total. The van der Waals surface area contributed by atoms with Crippen molar-refractivity contribution in [3.05, 3.63) is 35.4 Å². The molecule has 7 heteroatoms. The summed E-state index contributed by atoms with van der Waals surface area (Å²) in [5.74, 6) is 0.527. The summed E-state index contributed by atoms with van der Waals surface area (Å²) in [7, 11) is 3.97. The largest absolute Gasteiger partial charge is 0.378 e. The fourth-order valence-corrected chi connectivity index (χ4v) is 4.87. The number of amidine groups is 2. The number of rotatable bonds is 5. The SMILES string of the molecule is CN(C)c1ccc(C=C2C(=N)N3N=C(CCC4CCCCC4)SC3=NC2=O)cc1. The molecule has 1 aromatic rings. The highest BCUT2D eigenvalue weighted by Gasteiger charge is 2.35. The number of hydrogen-bond acceptors (Lipinski definition) is 5. The first-order chi connectivity index (χ1) is 14.0. The molecule has 0 saturated heterocycles. The average molecular weight is 410 g/mol. The number of fused-ring (bicyclic) bond motifs is 1. The van der Waals surface area contributed by atoms with Gasteiger partial charge >= 0.3 is 0 Å². The molecule has 0 bridgehead atoms. The summed E-state index contributed by atoms with van der Waals surface area (Å²) in [4.78, 5) is 18.8. The number of aliphatic imine (C=N–C) groups is 1. The molecule has 1 aliphatic carbocycles. The maximum atomic E-state index is 12.5. The van der Waals surface area contributed by atoms with Crippen LogP contribution >= 0.6 is 11.8 Å². The van der Waals surface area contributed by atoms with E-state index < -0.39 is 0 Å². The van der Waals surface area contributed by atoms with Gasteiger partial charge in [0, 0.05) is 19.8 Å². The van der Waals surface area contributed by atoms with Crippen molar-refractivity contribution in [3.63, 3.8) is 0 Å². The molecular weight excluding hydrogens is 382 g/mol. The number of hydrazone groups is 1. The number of carbonyl (C=O) groups is 1. The Morgan fingerprint density at radius 2 is 1.93 bits per heavy atom. The van der Waals surface area contributed by atoms with Crippen LogP contribution in [0.1, 0.15) is 50.5 Å². The number of nitrogens with one attached hydrogen (secondary N) is 1. The summed E-state index contributed by atoms with van der Waals surface area (Å²) < 4.78 is 0. The van der Waals surface area contributed by atoms with E-state index in [2.05, 4.69) is 10.1 Å². The number of thioether (sulfide) groups is 1. The van der Waals surface area contributed by atoms with Crippen molar-refractivity contribution in [1.82, 2.24) is 5.01 Å². The second-order valence-corrected chi connectivity index (χ2v) is 9.08. The molecule has 1 aromatic carbocycles. The molecule has 4 rings (SSSR count). The lowest BCUT2D eigenvalue weighted by atomic mass is 9.86. The lowest BCUT2D eigenvalue weighted by Crippen LogP contribution is -2.35. The van der Waals surface area contributed by atoms with Crippen LogP contribution in [0.4, 0.5) is 5.69 Å². The number of anilines is 1. The molecule has 2 heterocycles. The molecule has 1 N–H and O–H groups in total. The monoisotopic (exact) mass is 409 g/mol. The zero-order valence-corrected chi connectivity index (χ0v) is 17.8. The fraction of sp³-hybridized carbons (Fsp3) is 0.455. The van der Waals surface area contributed by atoms with E-state index in [0.717, 1.165) is 35.1 Å². The van der Waals surface area contributed by atoms with Crippen LogP contribution in [0.5, 0.6) is 0 Å². The molecule has 1 amide bonds. The smallest absolute Gasteiger partial charge is 0.283 e. The number of benzene rings is 1. The van der Waals surface area contributed by atoms with Crippen molar-refractivity contribution in [3.8, 4) is 0 Å². The van der Waals surface area contributed by atoms with E-state index in [0.29, 0.717) is 5.17 Å². The molecule has 0 atom stereocenters. The van der Waals surface area contributed by atoms with Gasteiger partial charge in [0.1, 0.15) is 5.04 Å². The normalized spacial score (nSPS) is 21.3. The predicted molar refractivity (Wildman–Crippen MR) is 122 cm³/mol. The van der Waals surface area contributed by atoms with Crippen LogP contribution in [0.25, 0.3) is 6.08 Å². The van der Waals surface area contributed by atoms with E-state index in [1.807, 2.05) is 43.3 Å². The Hall–Kier alpha value is -2.41. The van der Waals surface area contributed by atoms with Gasteiger partial charge in [-0.1, -0.05) is 44.2 Å². The Balaban J connectivity index is 1.47. The zero-order valence-electron chi connectivity index (χ0n) is 17.0. The molecule has 152 valence electrons. The van der Waals surface area contributed by atoms with Gasteiger partial charge in [0.05, 0.1) is 5.57 Å². The molecule has 0 spiro atoms. The molecule has 3 aliphatic rings.